The fraction of sp³-hybridized carbons (Fsp3) is 0.0455. The lowest BCUT2D eigenvalue weighted by Crippen LogP contribution is -2.05. The largest absolute Gasteiger partial charge is 0.457 e. The molecule has 0 radical (unpaired) electrons. The van der Waals surface area contributed by atoms with Crippen molar-refractivity contribution in [2.75, 3.05) is 0 Å². The molecule has 0 aliphatic rings. The van der Waals surface area contributed by atoms with Crippen LogP contribution in [0.3, 0.4) is 0 Å². The van der Waals surface area contributed by atoms with Crippen LogP contribution >= 0.6 is 0 Å². The van der Waals surface area contributed by atoms with E-state index in [2.05, 4.69) is 17.0 Å². The molecule has 0 aliphatic heterocycles. The zero-order chi connectivity index (χ0) is 18.2. The van der Waals surface area contributed by atoms with E-state index in [9.17, 15) is 4.79 Å². The lowest BCUT2D eigenvalue weighted by molar-refractivity contribution is 0.0472. The summed E-state index contributed by atoms with van der Waals surface area (Å²) in [6, 6.07) is 28.3. The Hall–Kier alpha value is -3.89. The molecule has 4 nitrogen and oxygen atoms in total. The number of hydrogen-bond donors (Lipinski definition) is 0. The molecule has 3 aromatic rings. The fourth-order valence-electron chi connectivity index (χ4n) is 2.26. The van der Waals surface area contributed by atoms with E-state index in [1.54, 1.807) is 48.5 Å². The molecule has 0 unspecified atom stereocenters. The van der Waals surface area contributed by atoms with E-state index in [0.717, 1.165) is 11.1 Å². The predicted octanol–water partition coefficient (Wildman–Crippen LogP) is 4.93. The molecule has 0 saturated carbocycles. The van der Waals surface area contributed by atoms with Gasteiger partial charge in [0.05, 0.1) is 17.2 Å². The minimum Gasteiger partial charge on any atom is -0.457 e. The van der Waals surface area contributed by atoms with Gasteiger partial charge in [0, 0.05) is 12.1 Å². The molecular weight excluding hydrogens is 324 g/mol. The van der Waals surface area contributed by atoms with E-state index in [0.29, 0.717) is 16.8 Å². The van der Waals surface area contributed by atoms with Gasteiger partial charge in [-0.05, 0) is 40.7 Å². The third-order valence-electron chi connectivity index (χ3n) is 3.62. The van der Waals surface area contributed by atoms with E-state index in [-0.39, 0.29) is 12.6 Å². The lowest BCUT2D eigenvalue weighted by Gasteiger charge is -2.04. The molecule has 124 valence electrons. The maximum Gasteiger partial charge on any atom is 0.342 e. The summed E-state index contributed by atoms with van der Waals surface area (Å²) in [6.45, 7) is 0.240. The van der Waals surface area contributed by atoms with Gasteiger partial charge in [-0.3, -0.25) is 0 Å². The van der Waals surface area contributed by atoms with Gasteiger partial charge in [-0.25, -0.2) is 4.79 Å². The second kappa shape index (κ2) is 8.28. The summed E-state index contributed by atoms with van der Waals surface area (Å²) in [6.07, 6.45) is 0. The topological polar surface area (TPSA) is 54.5 Å². The third kappa shape index (κ3) is 4.56. The Morgan fingerprint density at radius 1 is 0.923 bits per heavy atom. The number of ether oxygens (including phenoxy) is 1. The van der Waals surface area contributed by atoms with Crippen LogP contribution in [0.2, 0.25) is 0 Å². The van der Waals surface area contributed by atoms with Crippen LogP contribution < -0.4 is 0 Å². The first-order valence-corrected chi connectivity index (χ1v) is 8.02. The van der Waals surface area contributed by atoms with Crippen molar-refractivity contribution in [1.29, 1.82) is 5.26 Å². The smallest absolute Gasteiger partial charge is 0.342 e. The molecule has 0 saturated heterocycles. The molecule has 26 heavy (non-hydrogen) atoms. The van der Waals surface area contributed by atoms with Crippen molar-refractivity contribution in [3.63, 3.8) is 0 Å². The average molecular weight is 339 g/mol. The van der Waals surface area contributed by atoms with E-state index in [1.165, 1.54) is 0 Å². The summed E-state index contributed by atoms with van der Waals surface area (Å²) in [4.78, 5) is 16.3. The van der Waals surface area contributed by atoms with Crippen molar-refractivity contribution in [3.8, 4) is 12.1 Å². The second-order valence-electron chi connectivity index (χ2n) is 5.52. The summed E-state index contributed by atoms with van der Waals surface area (Å²) in [5.74, 6) is -0.376. The minimum absolute atomic E-state index is 0.240. The van der Waals surface area contributed by atoms with Crippen LogP contribution in [0.5, 0.6) is 0 Å². The number of benzene rings is 3. The van der Waals surface area contributed by atoms with E-state index in [1.807, 2.05) is 30.3 Å². The van der Waals surface area contributed by atoms with E-state index >= 15 is 0 Å². The SMILES string of the molecule is N#Cc1cccc([N+]#Cc2ccc(C(=O)OCc3ccccc3)cc2)c1. The number of rotatable bonds is 3. The Morgan fingerprint density at radius 3 is 2.42 bits per heavy atom. The lowest BCUT2D eigenvalue weighted by atomic mass is 10.1. The van der Waals surface area contributed by atoms with Gasteiger partial charge in [-0.2, -0.15) is 5.26 Å². The van der Waals surface area contributed by atoms with Crippen LogP contribution in [0.15, 0.2) is 78.9 Å². The predicted molar refractivity (Wildman–Crippen MR) is 99.2 cm³/mol. The van der Waals surface area contributed by atoms with E-state index < -0.39 is 0 Å². The Bertz CT molecular complexity index is 1010. The zero-order valence-electron chi connectivity index (χ0n) is 13.9. The highest BCUT2D eigenvalue weighted by Crippen LogP contribution is 2.14. The third-order valence-corrected chi connectivity index (χ3v) is 3.62. The van der Waals surface area contributed by atoms with Crippen molar-refractivity contribution in [3.05, 3.63) is 106 Å². The number of carbonyl (C=O) groups is 1. The molecule has 0 N–H and O–H groups in total. The highest BCUT2D eigenvalue weighted by Gasteiger charge is 2.08. The highest BCUT2D eigenvalue weighted by molar-refractivity contribution is 5.89. The van der Waals surface area contributed by atoms with Gasteiger partial charge in [0.1, 0.15) is 12.2 Å². The summed E-state index contributed by atoms with van der Waals surface area (Å²) in [5, 5.41) is 8.89. The molecule has 0 amide bonds. The van der Waals surface area contributed by atoms with E-state index in [4.69, 9.17) is 10.00 Å². The van der Waals surface area contributed by atoms with Crippen molar-refractivity contribution >= 4 is 11.7 Å². The average Bonchev–Trinajstić information content (AvgIpc) is 2.72. The monoisotopic (exact) mass is 339 g/mol. The normalized spacial score (nSPS) is 9.50. The van der Waals surface area contributed by atoms with Crippen LogP contribution in [0.1, 0.15) is 27.0 Å². The van der Waals surface area contributed by atoms with Gasteiger partial charge < -0.3 is 4.74 Å². The second-order valence-corrected chi connectivity index (χ2v) is 5.52. The van der Waals surface area contributed by atoms with Gasteiger partial charge in [0.25, 0.3) is 0 Å². The molecule has 0 heterocycles. The Labute approximate surface area is 151 Å². The summed E-state index contributed by atoms with van der Waals surface area (Å²) < 4.78 is 5.30. The van der Waals surface area contributed by atoms with Crippen LogP contribution in [0.25, 0.3) is 4.85 Å². The van der Waals surface area contributed by atoms with Gasteiger partial charge in [0.2, 0.25) is 0 Å². The van der Waals surface area contributed by atoms with Gasteiger partial charge in [-0.1, -0.05) is 36.4 Å². The highest BCUT2D eigenvalue weighted by atomic mass is 16.5. The molecule has 0 aromatic heterocycles. The molecule has 3 aromatic carbocycles. The van der Waals surface area contributed by atoms with Crippen LogP contribution in [0.4, 0.5) is 5.69 Å². The van der Waals surface area contributed by atoms with Crippen molar-refractivity contribution in [2.45, 2.75) is 6.61 Å². The van der Waals surface area contributed by atoms with Gasteiger partial charge >= 0.3 is 17.7 Å². The number of carbonyl (C=O) groups excluding carboxylic acids is 1. The van der Waals surface area contributed by atoms with Crippen LogP contribution in [-0.4, -0.2) is 5.97 Å². The van der Waals surface area contributed by atoms with Crippen molar-refractivity contribution in [1.82, 2.24) is 0 Å². The van der Waals surface area contributed by atoms with Crippen LogP contribution in [0, 0.1) is 17.4 Å². The van der Waals surface area contributed by atoms with Gasteiger partial charge in [-0.15, -0.1) is 0 Å². The standard InChI is InChI=1S/C22H15N2O2/c23-14-19-7-4-8-21(13-19)24-15-17-9-11-20(12-10-17)22(25)26-16-18-5-2-1-3-6-18/h1-13H,16H2/q+1. The number of nitrogens with zero attached hydrogens (tertiary/aromatic N) is 2. The quantitative estimate of drug-likeness (QED) is 0.636. The molecule has 4 heteroatoms. The van der Waals surface area contributed by atoms with Gasteiger partial charge in [0.15, 0.2) is 0 Å². The molecule has 0 aliphatic carbocycles. The molecular formula is C22H15N2O2+. The fourth-order valence-corrected chi connectivity index (χ4v) is 2.26. The first-order chi connectivity index (χ1) is 12.7. The zero-order valence-corrected chi connectivity index (χ0v) is 13.9. The molecule has 0 bridgehead atoms. The molecule has 0 fully saturated rings. The number of esters is 1. The Morgan fingerprint density at radius 2 is 1.69 bits per heavy atom. The first-order valence-electron chi connectivity index (χ1n) is 8.02. The summed E-state index contributed by atoms with van der Waals surface area (Å²) >= 11 is 0. The molecule has 3 rings (SSSR count). The maximum atomic E-state index is 12.1. The Balaban J connectivity index is 1.64. The maximum absolute atomic E-state index is 12.1. The molecule has 0 atom stereocenters. The minimum atomic E-state index is -0.376. The van der Waals surface area contributed by atoms with Crippen molar-refractivity contribution < 1.29 is 9.53 Å². The van der Waals surface area contributed by atoms with Crippen LogP contribution in [-0.2, 0) is 11.3 Å². The molecule has 0 spiro atoms. The summed E-state index contributed by atoms with van der Waals surface area (Å²) in [7, 11) is 0. The first kappa shape index (κ1) is 17.0. The number of nitriles is 1. The van der Waals surface area contributed by atoms with Crippen molar-refractivity contribution in [2.24, 2.45) is 0 Å². The summed E-state index contributed by atoms with van der Waals surface area (Å²) in [5.41, 5.74) is 3.34. The number of hydrogen-bond acceptors (Lipinski definition) is 3. The Kier molecular flexibility index (Phi) is 5.40.